The Morgan fingerprint density at radius 2 is 2.00 bits per heavy atom. The largest absolute Gasteiger partial charge is 0.419 e. The molecule has 3 rings (SSSR count). The van der Waals surface area contributed by atoms with E-state index in [1.165, 1.54) is 11.3 Å². The molecule has 0 saturated heterocycles. The van der Waals surface area contributed by atoms with Crippen LogP contribution < -0.4 is 0 Å². The van der Waals surface area contributed by atoms with Gasteiger partial charge in [0.15, 0.2) is 3.95 Å². The first-order valence-corrected chi connectivity index (χ1v) is 9.39. The zero-order valence-electron chi connectivity index (χ0n) is 14.1. The highest BCUT2D eigenvalue weighted by Gasteiger charge is 2.17. The maximum absolute atomic E-state index is 5.91. The number of aryl methyl sites for hydroxylation is 1. The number of rotatable bonds is 6. The van der Waals surface area contributed by atoms with Gasteiger partial charge in [-0.3, -0.25) is 4.90 Å². The van der Waals surface area contributed by atoms with E-state index >= 15 is 0 Å². The molecule has 0 unspecified atom stereocenters. The summed E-state index contributed by atoms with van der Waals surface area (Å²) in [7, 11) is 0. The van der Waals surface area contributed by atoms with E-state index < -0.39 is 0 Å². The highest BCUT2D eigenvalue weighted by molar-refractivity contribution is 7.73. The number of aromatic nitrogens is 4. The van der Waals surface area contributed by atoms with Gasteiger partial charge in [-0.15, -0.1) is 10.2 Å². The Balaban J connectivity index is 1.75. The van der Waals surface area contributed by atoms with Crippen LogP contribution >= 0.6 is 35.2 Å². The molecule has 25 heavy (non-hydrogen) atoms. The van der Waals surface area contributed by atoms with E-state index in [9.17, 15) is 0 Å². The first kappa shape index (κ1) is 18.2. The first-order chi connectivity index (χ1) is 11.9. The van der Waals surface area contributed by atoms with Crippen molar-refractivity contribution >= 4 is 35.2 Å². The molecule has 0 N–H and O–H groups in total. The molecule has 1 aromatic carbocycles. The second-order valence-corrected chi connectivity index (χ2v) is 8.14. The summed E-state index contributed by atoms with van der Waals surface area (Å²) in [5, 5.41) is 14.4. The zero-order valence-corrected chi connectivity index (χ0v) is 16.5. The lowest BCUT2D eigenvalue weighted by Gasteiger charge is -2.24. The predicted molar refractivity (Wildman–Crippen MR) is 101 cm³/mol. The van der Waals surface area contributed by atoms with Gasteiger partial charge in [-0.25, -0.2) is 4.68 Å². The average Bonchev–Trinajstić information content (AvgIpc) is 3.14. The van der Waals surface area contributed by atoms with E-state index in [0.29, 0.717) is 30.0 Å². The van der Waals surface area contributed by atoms with Gasteiger partial charge in [-0.1, -0.05) is 22.9 Å². The maximum atomic E-state index is 5.91. The van der Waals surface area contributed by atoms with Crippen LogP contribution in [0.2, 0.25) is 5.02 Å². The van der Waals surface area contributed by atoms with Gasteiger partial charge in [0.05, 0.1) is 13.2 Å². The Labute approximate surface area is 160 Å². The summed E-state index contributed by atoms with van der Waals surface area (Å²) in [4.78, 5) is 2.17. The molecule has 0 amide bonds. The fourth-order valence-corrected chi connectivity index (χ4v) is 3.45. The van der Waals surface area contributed by atoms with Gasteiger partial charge in [0.1, 0.15) is 5.01 Å². The fourth-order valence-electron chi connectivity index (χ4n) is 2.27. The molecule has 0 radical (unpaired) electrons. The van der Waals surface area contributed by atoms with Crippen molar-refractivity contribution in [3.05, 3.63) is 44.1 Å². The molecule has 9 heteroatoms. The lowest BCUT2D eigenvalue weighted by molar-refractivity contribution is 0.139. The molecule has 0 spiro atoms. The quantitative estimate of drug-likeness (QED) is 0.570. The first-order valence-electron chi connectivity index (χ1n) is 7.79. The van der Waals surface area contributed by atoms with E-state index in [-0.39, 0.29) is 6.04 Å². The van der Waals surface area contributed by atoms with Crippen LogP contribution in [0.3, 0.4) is 0 Å². The summed E-state index contributed by atoms with van der Waals surface area (Å²) >= 11 is 12.8. The van der Waals surface area contributed by atoms with Crippen molar-refractivity contribution in [1.29, 1.82) is 0 Å². The maximum Gasteiger partial charge on any atom is 0.247 e. The van der Waals surface area contributed by atoms with Crippen molar-refractivity contribution in [2.24, 2.45) is 0 Å². The Kier molecular flexibility index (Phi) is 5.63. The van der Waals surface area contributed by atoms with Crippen LogP contribution in [0, 0.1) is 10.9 Å². The molecular weight excluding hydrogens is 378 g/mol. The van der Waals surface area contributed by atoms with Crippen molar-refractivity contribution in [3.8, 4) is 11.5 Å². The standard InChI is InChI=1S/C16H18ClN5OS2/c1-10(2)21(9-22-16(24)25-11(3)20-22)8-14-18-19-15(23-14)12-4-6-13(17)7-5-12/h4-7,10H,8-9H2,1-3H3. The predicted octanol–water partition coefficient (Wildman–Crippen LogP) is 4.55. The number of benzene rings is 1. The summed E-state index contributed by atoms with van der Waals surface area (Å²) in [6.07, 6.45) is 0. The molecule has 0 bridgehead atoms. The average molecular weight is 396 g/mol. The summed E-state index contributed by atoms with van der Waals surface area (Å²) in [6, 6.07) is 7.59. The van der Waals surface area contributed by atoms with Crippen LogP contribution in [0.4, 0.5) is 0 Å². The van der Waals surface area contributed by atoms with Crippen LogP contribution in [-0.2, 0) is 13.2 Å². The van der Waals surface area contributed by atoms with Gasteiger partial charge >= 0.3 is 0 Å². The molecule has 2 aromatic heterocycles. The van der Waals surface area contributed by atoms with E-state index in [2.05, 4.69) is 34.0 Å². The van der Waals surface area contributed by atoms with Crippen molar-refractivity contribution in [3.63, 3.8) is 0 Å². The molecule has 6 nitrogen and oxygen atoms in total. The van der Waals surface area contributed by atoms with Crippen LogP contribution in [0.5, 0.6) is 0 Å². The van der Waals surface area contributed by atoms with E-state index in [0.717, 1.165) is 14.5 Å². The summed E-state index contributed by atoms with van der Waals surface area (Å²) in [5.74, 6) is 1.04. The number of hydrogen-bond donors (Lipinski definition) is 0. The van der Waals surface area contributed by atoms with Gasteiger partial charge in [0.2, 0.25) is 11.8 Å². The second kappa shape index (κ2) is 7.74. The summed E-state index contributed by atoms with van der Waals surface area (Å²) in [6.45, 7) is 7.28. The van der Waals surface area contributed by atoms with Crippen LogP contribution in [0.15, 0.2) is 28.7 Å². The van der Waals surface area contributed by atoms with Gasteiger partial charge in [0, 0.05) is 16.6 Å². The van der Waals surface area contributed by atoms with Gasteiger partial charge in [-0.2, -0.15) is 5.10 Å². The highest BCUT2D eigenvalue weighted by Crippen LogP contribution is 2.21. The van der Waals surface area contributed by atoms with Crippen molar-refractivity contribution in [2.75, 3.05) is 0 Å². The zero-order chi connectivity index (χ0) is 18.0. The van der Waals surface area contributed by atoms with Crippen molar-refractivity contribution in [2.45, 2.75) is 40.0 Å². The van der Waals surface area contributed by atoms with Crippen molar-refractivity contribution in [1.82, 2.24) is 24.9 Å². The summed E-state index contributed by atoms with van der Waals surface area (Å²) in [5.41, 5.74) is 0.844. The molecule has 0 atom stereocenters. The Bertz CT molecular complexity index is 900. The molecule has 0 aliphatic heterocycles. The Hall–Kier alpha value is -1.61. The molecule has 0 fully saturated rings. The minimum absolute atomic E-state index is 0.273. The molecular formula is C16H18ClN5OS2. The third-order valence-electron chi connectivity index (χ3n) is 3.65. The minimum Gasteiger partial charge on any atom is -0.419 e. The lowest BCUT2D eigenvalue weighted by Crippen LogP contribution is -2.33. The Morgan fingerprint density at radius 1 is 1.28 bits per heavy atom. The molecule has 0 aliphatic rings. The SMILES string of the molecule is Cc1nn(CN(Cc2nnc(-c3ccc(Cl)cc3)o2)C(C)C)c(=S)s1. The molecule has 132 valence electrons. The van der Waals surface area contributed by atoms with Gasteiger partial charge in [-0.05, 0) is 57.3 Å². The molecule has 2 heterocycles. The fraction of sp³-hybridized carbons (Fsp3) is 0.375. The number of nitrogens with zero attached hydrogens (tertiary/aromatic N) is 5. The third kappa shape index (κ3) is 4.52. The normalized spacial score (nSPS) is 11.6. The van der Waals surface area contributed by atoms with Gasteiger partial charge in [0.25, 0.3) is 0 Å². The number of halogens is 1. The second-order valence-electron chi connectivity index (χ2n) is 5.88. The van der Waals surface area contributed by atoms with Crippen LogP contribution in [-0.4, -0.2) is 30.9 Å². The van der Waals surface area contributed by atoms with Gasteiger partial charge < -0.3 is 4.42 Å². The topological polar surface area (TPSA) is 60.0 Å². The van der Waals surface area contributed by atoms with Crippen molar-refractivity contribution < 1.29 is 4.42 Å². The lowest BCUT2D eigenvalue weighted by atomic mass is 10.2. The monoisotopic (exact) mass is 395 g/mol. The Morgan fingerprint density at radius 3 is 2.60 bits per heavy atom. The molecule has 0 aliphatic carbocycles. The summed E-state index contributed by atoms with van der Waals surface area (Å²) < 4.78 is 8.39. The van der Waals surface area contributed by atoms with E-state index in [1.807, 2.05) is 23.7 Å². The highest BCUT2D eigenvalue weighted by atomic mass is 35.5. The third-order valence-corrected chi connectivity index (χ3v) is 5.12. The number of hydrogen-bond acceptors (Lipinski definition) is 7. The minimum atomic E-state index is 0.273. The molecule has 0 saturated carbocycles. The van der Waals surface area contributed by atoms with E-state index in [4.69, 9.17) is 28.2 Å². The molecule has 3 aromatic rings. The van der Waals surface area contributed by atoms with E-state index in [1.54, 1.807) is 12.1 Å². The van der Waals surface area contributed by atoms with Crippen LogP contribution in [0.25, 0.3) is 11.5 Å². The smallest absolute Gasteiger partial charge is 0.247 e. The van der Waals surface area contributed by atoms with Crippen LogP contribution in [0.1, 0.15) is 24.7 Å².